The average molecular weight is 275 g/mol. The van der Waals surface area contributed by atoms with Crippen LogP contribution in [0.25, 0.3) is 0 Å². The van der Waals surface area contributed by atoms with E-state index in [1.54, 1.807) is 0 Å². The van der Waals surface area contributed by atoms with Crippen molar-refractivity contribution < 1.29 is 4.79 Å². The van der Waals surface area contributed by atoms with E-state index >= 15 is 0 Å². The van der Waals surface area contributed by atoms with Crippen molar-refractivity contribution >= 4 is 18.3 Å². The van der Waals surface area contributed by atoms with Crippen LogP contribution in [0.2, 0.25) is 0 Å². The van der Waals surface area contributed by atoms with Gasteiger partial charge in [0.25, 0.3) is 0 Å². The molecule has 0 aromatic rings. The van der Waals surface area contributed by atoms with Crippen molar-refractivity contribution in [2.45, 2.75) is 45.4 Å². The van der Waals surface area contributed by atoms with Crippen LogP contribution >= 0.6 is 12.4 Å². The second-order valence-corrected chi connectivity index (χ2v) is 5.57. The summed E-state index contributed by atoms with van der Waals surface area (Å²) in [5, 5.41) is 3.31. The number of amides is 1. The Morgan fingerprint density at radius 1 is 1.28 bits per heavy atom. The Bertz CT molecular complexity index is 248. The number of hydrogen-bond donors (Lipinski definition) is 1. The van der Waals surface area contributed by atoms with E-state index in [1.165, 1.54) is 25.7 Å². The van der Waals surface area contributed by atoms with Gasteiger partial charge >= 0.3 is 0 Å². The summed E-state index contributed by atoms with van der Waals surface area (Å²) in [5.41, 5.74) is 0. The minimum absolute atomic E-state index is 0. The number of hydrogen-bond acceptors (Lipinski definition) is 2. The lowest BCUT2D eigenvalue weighted by Gasteiger charge is -2.31. The summed E-state index contributed by atoms with van der Waals surface area (Å²) >= 11 is 0. The van der Waals surface area contributed by atoms with Gasteiger partial charge in [-0.1, -0.05) is 32.6 Å². The van der Waals surface area contributed by atoms with Gasteiger partial charge in [0.05, 0.1) is 0 Å². The second kappa shape index (κ2) is 8.00. The zero-order chi connectivity index (χ0) is 12.1. The Morgan fingerprint density at radius 3 is 2.44 bits per heavy atom. The lowest BCUT2D eigenvalue weighted by molar-refractivity contribution is -0.136. The molecule has 2 aliphatic rings. The molecule has 1 unspecified atom stereocenters. The number of piperazine rings is 1. The molecule has 2 fully saturated rings. The first-order chi connectivity index (χ1) is 8.31. The molecule has 1 N–H and O–H groups in total. The summed E-state index contributed by atoms with van der Waals surface area (Å²) in [7, 11) is 0. The second-order valence-electron chi connectivity index (χ2n) is 5.57. The van der Waals surface area contributed by atoms with Crippen LogP contribution in [-0.4, -0.2) is 37.0 Å². The van der Waals surface area contributed by atoms with E-state index in [0.717, 1.165) is 44.9 Å². The Kier molecular flexibility index (Phi) is 7.02. The number of nitrogens with zero attached hydrogens (tertiary/aromatic N) is 1. The SMILES string of the molecule is CCC(CC1CCCC1)C(=O)N1CCNCC1.Cl. The molecule has 1 aliphatic heterocycles. The van der Waals surface area contributed by atoms with Gasteiger partial charge in [-0.05, 0) is 18.8 Å². The molecule has 1 amide bonds. The number of rotatable bonds is 4. The molecule has 1 saturated heterocycles. The van der Waals surface area contributed by atoms with Crippen LogP contribution in [0.4, 0.5) is 0 Å². The van der Waals surface area contributed by atoms with Crippen molar-refractivity contribution in [2.24, 2.45) is 11.8 Å². The maximum atomic E-state index is 12.4. The Hall–Kier alpha value is -0.280. The Labute approximate surface area is 117 Å². The van der Waals surface area contributed by atoms with Gasteiger partial charge in [-0.2, -0.15) is 0 Å². The zero-order valence-electron chi connectivity index (χ0n) is 11.5. The first-order valence-corrected chi connectivity index (χ1v) is 7.30. The maximum absolute atomic E-state index is 12.4. The summed E-state index contributed by atoms with van der Waals surface area (Å²) in [4.78, 5) is 14.5. The molecule has 106 valence electrons. The summed E-state index contributed by atoms with van der Waals surface area (Å²) in [6.45, 7) is 5.90. The third-order valence-electron chi connectivity index (χ3n) is 4.36. The van der Waals surface area contributed by atoms with Gasteiger partial charge in [0.2, 0.25) is 5.91 Å². The summed E-state index contributed by atoms with van der Waals surface area (Å²) in [5.74, 6) is 1.53. The van der Waals surface area contributed by atoms with Crippen molar-refractivity contribution in [1.82, 2.24) is 10.2 Å². The van der Waals surface area contributed by atoms with E-state index in [4.69, 9.17) is 0 Å². The highest BCUT2D eigenvalue weighted by Gasteiger charge is 2.27. The number of halogens is 1. The molecule has 0 radical (unpaired) electrons. The van der Waals surface area contributed by atoms with Gasteiger partial charge in [0, 0.05) is 32.1 Å². The van der Waals surface area contributed by atoms with Crippen LogP contribution < -0.4 is 5.32 Å². The lowest BCUT2D eigenvalue weighted by Crippen LogP contribution is -2.48. The van der Waals surface area contributed by atoms with Crippen molar-refractivity contribution in [2.75, 3.05) is 26.2 Å². The number of nitrogens with one attached hydrogen (secondary N) is 1. The molecule has 3 nitrogen and oxygen atoms in total. The number of carbonyl (C=O) groups excluding carboxylic acids is 1. The van der Waals surface area contributed by atoms with Gasteiger partial charge < -0.3 is 10.2 Å². The fraction of sp³-hybridized carbons (Fsp3) is 0.929. The molecule has 1 heterocycles. The normalized spacial score (nSPS) is 22.6. The molecule has 1 saturated carbocycles. The monoisotopic (exact) mass is 274 g/mol. The molecule has 18 heavy (non-hydrogen) atoms. The van der Waals surface area contributed by atoms with Crippen LogP contribution in [-0.2, 0) is 4.79 Å². The summed E-state index contributed by atoms with van der Waals surface area (Å²) in [6.07, 6.45) is 7.61. The van der Waals surface area contributed by atoms with Gasteiger partial charge in [-0.25, -0.2) is 0 Å². The van der Waals surface area contributed by atoms with Crippen molar-refractivity contribution in [1.29, 1.82) is 0 Å². The van der Waals surface area contributed by atoms with Crippen molar-refractivity contribution in [3.63, 3.8) is 0 Å². The molecule has 0 spiro atoms. The van der Waals surface area contributed by atoms with E-state index in [0.29, 0.717) is 5.91 Å². The van der Waals surface area contributed by atoms with Crippen LogP contribution in [0.1, 0.15) is 45.4 Å². The van der Waals surface area contributed by atoms with Crippen LogP contribution in [0, 0.1) is 11.8 Å². The summed E-state index contributed by atoms with van der Waals surface area (Å²) in [6, 6.07) is 0. The smallest absolute Gasteiger partial charge is 0.225 e. The molecular formula is C14H27ClN2O. The largest absolute Gasteiger partial charge is 0.340 e. The van der Waals surface area contributed by atoms with Gasteiger partial charge in [0.1, 0.15) is 0 Å². The Morgan fingerprint density at radius 2 is 1.89 bits per heavy atom. The standard InChI is InChI=1S/C14H26N2O.ClH/c1-2-13(11-12-5-3-4-6-12)14(17)16-9-7-15-8-10-16;/h12-13,15H,2-11H2,1H3;1H. The van der Waals surface area contributed by atoms with Crippen LogP contribution in [0.5, 0.6) is 0 Å². The summed E-state index contributed by atoms with van der Waals surface area (Å²) < 4.78 is 0. The van der Waals surface area contributed by atoms with E-state index in [-0.39, 0.29) is 18.3 Å². The van der Waals surface area contributed by atoms with E-state index < -0.39 is 0 Å². The molecule has 0 aromatic heterocycles. The Balaban J connectivity index is 0.00000162. The minimum Gasteiger partial charge on any atom is -0.340 e. The van der Waals surface area contributed by atoms with E-state index in [9.17, 15) is 4.79 Å². The maximum Gasteiger partial charge on any atom is 0.225 e. The van der Waals surface area contributed by atoms with Gasteiger partial charge in [0.15, 0.2) is 0 Å². The lowest BCUT2D eigenvalue weighted by atomic mass is 9.90. The quantitative estimate of drug-likeness (QED) is 0.854. The predicted octanol–water partition coefficient (Wildman–Crippen LogP) is 2.45. The zero-order valence-corrected chi connectivity index (χ0v) is 12.3. The average Bonchev–Trinajstić information content (AvgIpc) is 2.89. The topological polar surface area (TPSA) is 32.3 Å². The van der Waals surface area contributed by atoms with E-state index in [1.807, 2.05) is 0 Å². The highest BCUT2D eigenvalue weighted by molar-refractivity contribution is 5.85. The fourth-order valence-electron chi connectivity index (χ4n) is 3.23. The molecular weight excluding hydrogens is 248 g/mol. The molecule has 1 aliphatic carbocycles. The highest BCUT2D eigenvalue weighted by Crippen LogP contribution is 2.31. The third-order valence-corrected chi connectivity index (χ3v) is 4.36. The van der Waals surface area contributed by atoms with Crippen molar-refractivity contribution in [3.8, 4) is 0 Å². The fourth-order valence-corrected chi connectivity index (χ4v) is 3.23. The van der Waals surface area contributed by atoms with Crippen LogP contribution in [0.3, 0.4) is 0 Å². The van der Waals surface area contributed by atoms with Gasteiger partial charge in [-0.15, -0.1) is 12.4 Å². The minimum atomic E-state index is 0. The van der Waals surface area contributed by atoms with Crippen LogP contribution in [0.15, 0.2) is 0 Å². The molecule has 1 atom stereocenters. The third kappa shape index (κ3) is 4.13. The predicted molar refractivity (Wildman–Crippen MR) is 77.1 cm³/mol. The molecule has 2 rings (SSSR count). The molecule has 4 heteroatoms. The first-order valence-electron chi connectivity index (χ1n) is 7.30. The number of carbonyl (C=O) groups is 1. The van der Waals surface area contributed by atoms with Gasteiger partial charge in [-0.3, -0.25) is 4.79 Å². The highest BCUT2D eigenvalue weighted by atomic mass is 35.5. The van der Waals surface area contributed by atoms with E-state index in [2.05, 4.69) is 17.1 Å². The molecule has 0 bridgehead atoms. The first kappa shape index (κ1) is 15.8. The molecule has 0 aromatic carbocycles. The van der Waals surface area contributed by atoms with Crippen molar-refractivity contribution in [3.05, 3.63) is 0 Å².